The van der Waals surface area contributed by atoms with Crippen LogP contribution >= 0.6 is 0 Å². The highest BCUT2D eigenvalue weighted by molar-refractivity contribution is 6.34. The van der Waals surface area contributed by atoms with Crippen LogP contribution in [0.1, 0.15) is 136 Å². The molecule has 7 N–H and O–H groups in total. The van der Waals surface area contributed by atoms with E-state index < -0.39 is 47.4 Å². The van der Waals surface area contributed by atoms with Gasteiger partial charge in [-0.05, 0) is 70.6 Å². The van der Waals surface area contributed by atoms with Gasteiger partial charge in [-0.1, -0.05) is 33.1 Å². The van der Waals surface area contributed by atoms with E-state index in [-0.39, 0.29) is 82.4 Å². The summed E-state index contributed by atoms with van der Waals surface area (Å²) >= 11 is 0. The quantitative estimate of drug-likeness (QED) is 0.0341. The first-order valence-corrected chi connectivity index (χ1v) is 21.5. The van der Waals surface area contributed by atoms with E-state index in [0.717, 1.165) is 6.42 Å². The average Bonchev–Trinajstić information content (AvgIpc) is 3.18. The number of nitrogens with two attached hydrogens (primary N) is 1. The minimum Gasteiger partial charge on any atom is -0.449 e. The van der Waals surface area contributed by atoms with Crippen LogP contribution in [-0.4, -0.2) is 151 Å². The average molecular weight is 849 g/mol. The molecule has 61 heavy (non-hydrogen) atoms. The van der Waals surface area contributed by atoms with Gasteiger partial charge in [0.05, 0.1) is 19.6 Å². The number of hydrogen-bond acceptors (Lipinski definition) is 10. The zero-order valence-electron chi connectivity index (χ0n) is 36.4. The highest BCUT2D eigenvalue weighted by atomic mass is 16.2. The predicted molar refractivity (Wildman–Crippen MR) is 234 cm³/mol. The minimum absolute atomic E-state index is 0.0318. The number of amides is 8. The molecule has 0 rings (SSSR count). The number of unbranched alkanes of at least 4 members (excludes halogenated alkanes) is 8. The molecule has 22 heteroatoms. The molecule has 0 saturated carbocycles. The molecule has 334 valence electrons. The molecule has 0 aromatic carbocycles. The molecule has 0 aromatic heterocycles. The number of ketones is 1. The third-order valence-corrected chi connectivity index (χ3v) is 9.47. The molecule has 1 atom stereocenters. The van der Waals surface area contributed by atoms with Crippen molar-refractivity contribution in [2.24, 2.45) is 11.7 Å². The van der Waals surface area contributed by atoms with Crippen molar-refractivity contribution in [2.45, 2.75) is 142 Å². The lowest BCUT2D eigenvalue weighted by Crippen LogP contribution is -2.52. The number of primary amides is 1. The highest BCUT2D eigenvalue weighted by Gasteiger charge is 2.24. The first-order chi connectivity index (χ1) is 28.9. The van der Waals surface area contributed by atoms with Gasteiger partial charge in [0.1, 0.15) is 11.8 Å². The van der Waals surface area contributed by atoms with E-state index in [1.807, 2.05) is 13.8 Å². The summed E-state index contributed by atoms with van der Waals surface area (Å²) in [7, 11) is 20.9. The van der Waals surface area contributed by atoms with Crippen LogP contribution < -0.4 is 32.3 Å². The molecule has 0 aliphatic carbocycles. The van der Waals surface area contributed by atoms with Gasteiger partial charge in [-0.15, -0.1) is 0 Å². The van der Waals surface area contributed by atoms with Gasteiger partial charge < -0.3 is 41.8 Å². The van der Waals surface area contributed by atoms with E-state index in [0.29, 0.717) is 106 Å². The number of rotatable bonds is 37. The van der Waals surface area contributed by atoms with Crippen molar-refractivity contribution >= 4 is 85.0 Å². The Morgan fingerprint density at radius 2 is 0.885 bits per heavy atom. The van der Waals surface area contributed by atoms with Crippen LogP contribution in [0.25, 0.3) is 0 Å². The molecule has 8 amide bonds. The second kappa shape index (κ2) is 35.3. The van der Waals surface area contributed by atoms with Gasteiger partial charge in [0, 0.05) is 64.2 Å². The molecule has 18 nitrogen and oxygen atoms in total. The highest BCUT2D eigenvalue weighted by Crippen LogP contribution is 2.08. The SMILES string of the molecule is [B]N([B])C(=O)CCCCCNC(=O)CN(CC(=O)NCCCCCC(=O)N([B])[B])CC(=O)NC(CCCCNC(=O)CCCCC(N)=O)C(=O)NCCCCCC(=O)C(C)C. The Balaban J connectivity index is 5.47. The van der Waals surface area contributed by atoms with Crippen molar-refractivity contribution in [3.05, 3.63) is 0 Å². The fourth-order valence-electron chi connectivity index (χ4n) is 5.87. The molecule has 0 spiro atoms. The molecule has 0 bridgehead atoms. The third kappa shape index (κ3) is 33.0. The van der Waals surface area contributed by atoms with E-state index in [9.17, 15) is 43.2 Å². The fourth-order valence-corrected chi connectivity index (χ4v) is 5.87. The van der Waals surface area contributed by atoms with Crippen LogP contribution in [0.2, 0.25) is 0 Å². The largest absolute Gasteiger partial charge is 0.449 e. The molecular weight excluding hydrogens is 782 g/mol. The zero-order chi connectivity index (χ0) is 46.0. The van der Waals surface area contributed by atoms with Crippen molar-refractivity contribution in [1.29, 1.82) is 0 Å². The van der Waals surface area contributed by atoms with Crippen molar-refractivity contribution < 1.29 is 43.2 Å². The lowest BCUT2D eigenvalue weighted by molar-refractivity contribution is -0.131. The Bertz CT molecular complexity index is 1330. The second-order valence-corrected chi connectivity index (χ2v) is 15.4. The van der Waals surface area contributed by atoms with E-state index in [1.54, 1.807) is 0 Å². The Morgan fingerprint density at radius 3 is 1.36 bits per heavy atom. The van der Waals surface area contributed by atoms with Crippen molar-refractivity contribution in [2.75, 3.05) is 45.8 Å². The Hall–Kier alpha value is -4.35. The standard InChI is InChI=1S/C39H67B4N9O9/c1-29(2)31(53)17-6-3-14-25-48-39(61)30(16-11-15-24-45-33(55)19-10-9-18-32(44)54)49-36(58)28-50(26-34(56)46-22-12-4-7-20-37(59)51(40)41)27-35(57)47-23-13-5-8-21-38(60)52(42)43/h29-30H,3-28H2,1-2H3,(H2,44,54)(H,45,55)(H,46,56)(H,47,57)(H,48,61)(H,49,58). The summed E-state index contributed by atoms with van der Waals surface area (Å²) in [4.78, 5) is 112. The summed E-state index contributed by atoms with van der Waals surface area (Å²) in [5.74, 6) is -3.14. The van der Waals surface area contributed by atoms with Crippen LogP contribution in [0.4, 0.5) is 0 Å². The maximum Gasteiger partial charge on any atom is 0.242 e. The summed E-state index contributed by atoms with van der Waals surface area (Å²) in [6.45, 7) is 3.98. The summed E-state index contributed by atoms with van der Waals surface area (Å²) in [5.41, 5.74) is 5.14. The Morgan fingerprint density at radius 1 is 0.475 bits per heavy atom. The summed E-state index contributed by atoms with van der Waals surface area (Å²) < 4.78 is 1.06. The van der Waals surface area contributed by atoms with E-state index >= 15 is 0 Å². The van der Waals surface area contributed by atoms with Crippen molar-refractivity contribution in [3.8, 4) is 0 Å². The zero-order valence-corrected chi connectivity index (χ0v) is 36.4. The van der Waals surface area contributed by atoms with Crippen LogP contribution in [0, 0.1) is 5.92 Å². The molecule has 0 aromatic rings. The third-order valence-electron chi connectivity index (χ3n) is 9.47. The second-order valence-electron chi connectivity index (χ2n) is 15.4. The monoisotopic (exact) mass is 850 g/mol. The van der Waals surface area contributed by atoms with Gasteiger partial charge in [-0.2, -0.15) is 0 Å². The minimum atomic E-state index is -0.945. The topological polar surface area (TPSA) is 250 Å². The number of Topliss-reactive ketones (excluding diaryl/α,β-unsaturated/α-hetero) is 1. The normalized spacial score (nSPS) is 11.3. The lowest BCUT2D eigenvalue weighted by atomic mass is 10.0. The van der Waals surface area contributed by atoms with Crippen LogP contribution in [0.15, 0.2) is 0 Å². The lowest BCUT2D eigenvalue weighted by Gasteiger charge is -2.23. The number of carbonyl (C=O) groups is 9. The molecule has 0 heterocycles. The Kier molecular flexibility index (Phi) is 32.8. The van der Waals surface area contributed by atoms with E-state index in [1.165, 1.54) is 4.90 Å². The molecule has 0 saturated heterocycles. The summed E-state index contributed by atoms with van der Waals surface area (Å²) in [6, 6.07) is -0.945. The van der Waals surface area contributed by atoms with Crippen LogP contribution in [0.5, 0.6) is 0 Å². The number of carbonyl (C=O) groups excluding carboxylic acids is 9. The van der Waals surface area contributed by atoms with Gasteiger partial charge in [-0.25, -0.2) is 0 Å². The molecule has 0 aliphatic heterocycles. The fraction of sp³-hybridized carbons (Fsp3) is 0.769. The van der Waals surface area contributed by atoms with Crippen LogP contribution in [0.3, 0.4) is 0 Å². The number of nitrogens with zero attached hydrogens (tertiary/aromatic N) is 3. The molecule has 0 aliphatic rings. The maximum atomic E-state index is 13.5. The van der Waals surface area contributed by atoms with E-state index in [4.69, 9.17) is 37.7 Å². The van der Waals surface area contributed by atoms with Gasteiger partial charge in [-0.3, -0.25) is 48.1 Å². The predicted octanol–water partition coefficient (Wildman–Crippen LogP) is -0.648. The summed E-state index contributed by atoms with van der Waals surface area (Å²) in [6.07, 6.45) is 9.00. The maximum absolute atomic E-state index is 13.5. The number of hydrogen-bond donors (Lipinski definition) is 6. The smallest absolute Gasteiger partial charge is 0.242 e. The Labute approximate surface area is 367 Å². The first kappa shape index (κ1) is 56.6. The first-order valence-electron chi connectivity index (χ1n) is 21.5. The van der Waals surface area contributed by atoms with Crippen LogP contribution in [-0.2, 0) is 43.2 Å². The summed E-state index contributed by atoms with van der Waals surface area (Å²) in [5, 5.41) is 14.0. The van der Waals surface area contributed by atoms with Crippen molar-refractivity contribution in [3.63, 3.8) is 0 Å². The van der Waals surface area contributed by atoms with Crippen molar-refractivity contribution in [1.82, 2.24) is 40.9 Å². The van der Waals surface area contributed by atoms with E-state index in [2.05, 4.69) is 26.6 Å². The van der Waals surface area contributed by atoms with Gasteiger partial charge in [0.2, 0.25) is 67.4 Å². The van der Waals surface area contributed by atoms with Gasteiger partial charge in [0.15, 0.2) is 11.8 Å². The van der Waals surface area contributed by atoms with Gasteiger partial charge >= 0.3 is 0 Å². The molecule has 1 unspecified atom stereocenters. The molecular formula is C39H67B4N9O9. The van der Waals surface area contributed by atoms with Gasteiger partial charge in [0.25, 0.3) is 0 Å². The molecule has 0 fully saturated rings. The molecule has 8 radical (unpaired) electrons. The number of nitrogens with one attached hydrogen (secondary N) is 5.